The Morgan fingerprint density at radius 2 is 1.46 bits per heavy atom. The Labute approximate surface area is 221 Å². The lowest BCUT2D eigenvalue weighted by atomic mass is 10.1. The number of carbonyl (C=O) groups excluding carboxylic acids is 1. The first-order chi connectivity index (χ1) is 18.8. The summed E-state index contributed by atoms with van der Waals surface area (Å²) in [6.45, 7) is 1.84. The number of nitrogens with one attached hydrogen (secondary N) is 2. The van der Waals surface area contributed by atoms with Crippen LogP contribution in [0.4, 0.5) is 30.5 Å². The predicted molar refractivity (Wildman–Crippen MR) is 140 cm³/mol. The minimum atomic E-state index is -4.52. The van der Waals surface area contributed by atoms with E-state index in [2.05, 4.69) is 35.6 Å². The second-order valence-electron chi connectivity index (χ2n) is 8.48. The molecule has 5 aromatic rings. The van der Waals surface area contributed by atoms with E-state index in [0.717, 1.165) is 17.7 Å². The molecule has 2 aromatic carbocycles. The van der Waals surface area contributed by atoms with Gasteiger partial charge in [-0.2, -0.15) is 23.1 Å². The number of hydrogen-bond donors (Lipinski definition) is 2. The van der Waals surface area contributed by atoms with Crippen molar-refractivity contribution in [1.29, 1.82) is 0 Å². The van der Waals surface area contributed by atoms with Crippen molar-refractivity contribution in [2.75, 3.05) is 10.6 Å². The normalized spacial score (nSPS) is 11.2. The van der Waals surface area contributed by atoms with Crippen LogP contribution < -0.4 is 10.6 Å². The molecule has 11 heteroatoms. The SMILES string of the molecule is Cc1ccc(C(=O)Nc2cccc(C(F)(F)F)c2)cc1Nc1nc(-c2cccnc2)nc(-c2cccnc2)n1. The summed E-state index contributed by atoms with van der Waals surface area (Å²) in [7, 11) is 0. The van der Waals surface area contributed by atoms with E-state index in [-0.39, 0.29) is 17.2 Å². The summed E-state index contributed by atoms with van der Waals surface area (Å²) in [4.78, 5) is 34.8. The van der Waals surface area contributed by atoms with E-state index >= 15 is 0 Å². The number of nitrogens with zero attached hydrogens (tertiary/aromatic N) is 5. The Balaban J connectivity index is 1.46. The van der Waals surface area contributed by atoms with Crippen LogP contribution in [0.3, 0.4) is 0 Å². The minimum Gasteiger partial charge on any atom is -0.324 e. The molecule has 8 nitrogen and oxygen atoms in total. The van der Waals surface area contributed by atoms with Crippen LogP contribution in [0.5, 0.6) is 0 Å². The smallest absolute Gasteiger partial charge is 0.324 e. The quantitative estimate of drug-likeness (QED) is 0.266. The van der Waals surface area contributed by atoms with E-state index in [1.165, 1.54) is 12.1 Å². The Bertz CT molecular complexity index is 1570. The van der Waals surface area contributed by atoms with Crippen molar-refractivity contribution in [2.24, 2.45) is 0 Å². The average molecular weight is 528 g/mol. The molecule has 0 atom stereocenters. The van der Waals surface area contributed by atoms with Crippen molar-refractivity contribution in [1.82, 2.24) is 24.9 Å². The van der Waals surface area contributed by atoms with E-state index < -0.39 is 17.6 Å². The third kappa shape index (κ3) is 6.04. The molecule has 0 saturated heterocycles. The van der Waals surface area contributed by atoms with Crippen LogP contribution in [0, 0.1) is 6.92 Å². The van der Waals surface area contributed by atoms with Crippen molar-refractivity contribution >= 4 is 23.2 Å². The Kier molecular flexibility index (Phi) is 6.96. The second-order valence-corrected chi connectivity index (χ2v) is 8.48. The molecule has 194 valence electrons. The van der Waals surface area contributed by atoms with Crippen molar-refractivity contribution in [2.45, 2.75) is 13.1 Å². The van der Waals surface area contributed by atoms with Gasteiger partial charge < -0.3 is 10.6 Å². The van der Waals surface area contributed by atoms with Crippen molar-refractivity contribution in [3.8, 4) is 22.8 Å². The van der Waals surface area contributed by atoms with Crippen LogP contribution >= 0.6 is 0 Å². The van der Waals surface area contributed by atoms with Crippen LogP contribution in [-0.2, 0) is 6.18 Å². The summed E-state index contributed by atoms with van der Waals surface area (Å²) in [6, 6.07) is 16.5. The van der Waals surface area contributed by atoms with E-state index in [4.69, 9.17) is 0 Å². The molecule has 0 fully saturated rings. The number of carbonyl (C=O) groups is 1. The van der Waals surface area contributed by atoms with Gasteiger partial charge in [-0.3, -0.25) is 14.8 Å². The molecular weight excluding hydrogens is 507 g/mol. The number of aryl methyl sites for hydroxylation is 1. The van der Waals surface area contributed by atoms with Gasteiger partial charge in [-0.1, -0.05) is 12.1 Å². The topological polar surface area (TPSA) is 106 Å². The van der Waals surface area contributed by atoms with Gasteiger partial charge in [-0.05, 0) is 67.1 Å². The highest BCUT2D eigenvalue weighted by atomic mass is 19.4. The number of benzene rings is 2. The molecule has 1 amide bonds. The largest absolute Gasteiger partial charge is 0.416 e. The number of halogens is 3. The van der Waals surface area contributed by atoms with Crippen LogP contribution in [0.15, 0.2) is 91.5 Å². The summed E-state index contributed by atoms with van der Waals surface area (Å²) in [5, 5.41) is 5.67. The number of hydrogen-bond acceptors (Lipinski definition) is 7. The Morgan fingerprint density at radius 3 is 2.05 bits per heavy atom. The summed E-state index contributed by atoms with van der Waals surface area (Å²) < 4.78 is 39.2. The zero-order valence-electron chi connectivity index (χ0n) is 20.4. The number of alkyl halides is 3. The zero-order valence-corrected chi connectivity index (χ0v) is 20.4. The van der Waals surface area contributed by atoms with Gasteiger partial charge in [0.25, 0.3) is 5.91 Å². The minimum absolute atomic E-state index is 0.0320. The van der Waals surface area contributed by atoms with Crippen LogP contribution in [0.25, 0.3) is 22.8 Å². The first kappa shape index (κ1) is 25.5. The van der Waals surface area contributed by atoms with Crippen LogP contribution in [0.2, 0.25) is 0 Å². The zero-order chi connectivity index (χ0) is 27.4. The Morgan fingerprint density at radius 1 is 0.795 bits per heavy atom. The van der Waals surface area contributed by atoms with Crippen molar-refractivity contribution < 1.29 is 18.0 Å². The van der Waals surface area contributed by atoms with Crippen molar-refractivity contribution in [3.05, 3.63) is 108 Å². The number of rotatable bonds is 6. The number of pyridine rings is 2. The summed E-state index contributed by atoms with van der Waals surface area (Å²) >= 11 is 0. The standard InChI is InChI=1S/C28H20F3N7O/c1-17-9-10-18(26(39)34-22-8-2-7-21(14-22)28(29,30)31)13-23(17)35-27-37-24(19-5-3-11-32-15-19)36-25(38-27)20-6-4-12-33-16-20/h2-16H,1H3,(H,34,39)(H,35,36,37,38). The van der Waals surface area contributed by atoms with E-state index in [1.54, 1.807) is 55.1 Å². The molecule has 0 bridgehead atoms. The molecule has 0 spiro atoms. The van der Waals surface area contributed by atoms with Crippen LogP contribution in [0.1, 0.15) is 21.5 Å². The monoisotopic (exact) mass is 527 g/mol. The van der Waals surface area contributed by atoms with Crippen molar-refractivity contribution in [3.63, 3.8) is 0 Å². The second kappa shape index (κ2) is 10.7. The fraction of sp³-hybridized carbons (Fsp3) is 0.0714. The highest BCUT2D eigenvalue weighted by Gasteiger charge is 2.30. The highest BCUT2D eigenvalue weighted by molar-refractivity contribution is 6.05. The van der Waals surface area contributed by atoms with E-state index in [1.807, 2.05) is 19.1 Å². The lowest BCUT2D eigenvalue weighted by molar-refractivity contribution is -0.137. The molecule has 0 aliphatic carbocycles. The fourth-order valence-electron chi connectivity index (χ4n) is 3.67. The molecule has 0 unspecified atom stereocenters. The van der Waals surface area contributed by atoms with E-state index in [0.29, 0.717) is 28.5 Å². The predicted octanol–water partition coefficient (Wildman–Crippen LogP) is 6.32. The lowest BCUT2D eigenvalue weighted by Crippen LogP contribution is -2.14. The summed E-state index contributed by atoms with van der Waals surface area (Å²) in [6.07, 6.45) is 2.04. The van der Waals surface area contributed by atoms with Gasteiger partial charge in [0.15, 0.2) is 11.6 Å². The molecule has 39 heavy (non-hydrogen) atoms. The van der Waals surface area contributed by atoms with Gasteiger partial charge in [-0.15, -0.1) is 0 Å². The molecular formula is C28H20F3N7O. The highest BCUT2D eigenvalue weighted by Crippen LogP contribution is 2.31. The first-order valence-corrected chi connectivity index (χ1v) is 11.7. The lowest BCUT2D eigenvalue weighted by Gasteiger charge is -2.13. The summed E-state index contributed by atoms with van der Waals surface area (Å²) in [5.41, 5.74) is 2.09. The Hall–Kier alpha value is -5.19. The van der Waals surface area contributed by atoms with Gasteiger partial charge in [0.2, 0.25) is 5.95 Å². The van der Waals surface area contributed by atoms with Gasteiger partial charge in [0, 0.05) is 52.9 Å². The third-order valence-corrected chi connectivity index (χ3v) is 5.67. The molecule has 0 saturated carbocycles. The molecule has 5 rings (SSSR count). The van der Waals surface area contributed by atoms with Gasteiger partial charge >= 0.3 is 6.18 Å². The maximum atomic E-state index is 13.1. The molecule has 2 N–H and O–H groups in total. The van der Waals surface area contributed by atoms with Gasteiger partial charge in [0.1, 0.15) is 0 Å². The van der Waals surface area contributed by atoms with Gasteiger partial charge in [-0.25, -0.2) is 4.98 Å². The maximum absolute atomic E-state index is 13.1. The maximum Gasteiger partial charge on any atom is 0.416 e. The van der Waals surface area contributed by atoms with Gasteiger partial charge in [0.05, 0.1) is 5.56 Å². The molecule has 3 aromatic heterocycles. The number of amides is 1. The van der Waals surface area contributed by atoms with Crippen LogP contribution in [-0.4, -0.2) is 30.8 Å². The molecule has 0 radical (unpaired) electrons. The summed E-state index contributed by atoms with van der Waals surface area (Å²) in [5.74, 6) is 0.424. The molecule has 3 heterocycles. The average Bonchev–Trinajstić information content (AvgIpc) is 2.94. The third-order valence-electron chi connectivity index (χ3n) is 5.67. The number of anilines is 3. The number of aromatic nitrogens is 5. The molecule has 0 aliphatic rings. The fourth-order valence-corrected chi connectivity index (χ4v) is 3.67. The first-order valence-electron chi connectivity index (χ1n) is 11.7. The molecule has 0 aliphatic heterocycles. The van der Waals surface area contributed by atoms with E-state index in [9.17, 15) is 18.0 Å².